The molecule has 1 aromatic carbocycles. The summed E-state index contributed by atoms with van der Waals surface area (Å²) in [5.41, 5.74) is 6.98. The van der Waals surface area contributed by atoms with Gasteiger partial charge in [0.15, 0.2) is 0 Å². The van der Waals surface area contributed by atoms with Gasteiger partial charge in [-0.2, -0.15) is 0 Å². The first-order chi connectivity index (χ1) is 14.6. The van der Waals surface area contributed by atoms with E-state index in [1.807, 2.05) is 35.6 Å². The average molecular weight is 459 g/mol. The summed E-state index contributed by atoms with van der Waals surface area (Å²) in [6, 6.07) is 7.87. The number of benzene rings is 1. The van der Waals surface area contributed by atoms with E-state index in [4.69, 9.17) is 27.3 Å². The summed E-state index contributed by atoms with van der Waals surface area (Å²) < 4.78 is 0. The van der Waals surface area contributed by atoms with Gasteiger partial charge in [0.25, 0.3) is 0 Å². The lowest BCUT2D eigenvalue weighted by Gasteiger charge is -2.32. The number of nitrogens with two attached hydrogens (primary N) is 1. The van der Waals surface area contributed by atoms with Gasteiger partial charge in [0.2, 0.25) is 5.91 Å². The SMILES string of the molecule is NC(=O)C1CCN(c2nc(CSc3ccc(Cl)cc3)nc3sc4c(c23)CCC4)CC1. The van der Waals surface area contributed by atoms with E-state index in [0.29, 0.717) is 5.75 Å². The van der Waals surface area contributed by atoms with Crippen LogP contribution in [0.2, 0.25) is 5.02 Å². The minimum Gasteiger partial charge on any atom is -0.369 e. The summed E-state index contributed by atoms with van der Waals surface area (Å²) in [4.78, 5) is 27.6. The number of piperidine rings is 1. The van der Waals surface area contributed by atoms with E-state index in [9.17, 15) is 4.79 Å². The summed E-state index contributed by atoms with van der Waals surface area (Å²) in [5.74, 6) is 2.42. The number of halogens is 1. The summed E-state index contributed by atoms with van der Waals surface area (Å²) in [5, 5.41) is 1.98. The molecule has 30 heavy (non-hydrogen) atoms. The maximum absolute atomic E-state index is 11.6. The van der Waals surface area contributed by atoms with Gasteiger partial charge < -0.3 is 10.6 Å². The van der Waals surface area contributed by atoms with Gasteiger partial charge in [-0.3, -0.25) is 4.79 Å². The summed E-state index contributed by atoms with van der Waals surface area (Å²) in [6.07, 6.45) is 5.06. The minimum absolute atomic E-state index is 0.0216. The number of primary amides is 1. The van der Waals surface area contributed by atoms with Crippen LogP contribution in [-0.4, -0.2) is 29.0 Å². The van der Waals surface area contributed by atoms with Crippen molar-refractivity contribution < 1.29 is 4.79 Å². The molecule has 156 valence electrons. The van der Waals surface area contributed by atoms with Gasteiger partial charge in [-0.15, -0.1) is 23.1 Å². The fraction of sp³-hybridized carbons (Fsp3) is 0.409. The van der Waals surface area contributed by atoms with Crippen LogP contribution >= 0.6 is 34.7 Å². The van der Waals surface area contributed by atoms with E-state index in [1.165, 1.54) is 22.2 Å². The number of aromatic nitrogens is 2. The van der Waals surface area contributed by atoms with E-state index in [2.05, 4.69) is 4.90 Å². The van der Waals surface area contributed by atoms with Gasteiger partial charge in [-0.05, 0) is 61.9 Å². The van der Waals surface area contributed by atoms with Crippen LogP contribution in [0.4, 0.5) is 5.82 Å². The van der Waals surface area contributed by atoms with Crippen molar-refractivity contribution in [2.24, 2.45) is 11.7 Å². The molecule has 2 aliphatic rings. The number of amides is 1. The third kappa shape index (κ3) is 3.90. The van der Waals surface area contributed by atoms with Crippen LogP contribution < -0.4 is 10.6 Å². The van der Waals surface area contributed by atoms with Gasteiger partial charge in [-0.25, -0.2) is 9.97 Å². The van der Waals surface area contributed by atoms with Gasteiger partial charge in [-0.1, -0.05) is 11.6 Å². The zero-order valence-corrected chi connectivity index (χ0v) is 19.0. The number of aryl methyl sites for hydroxylation is 2. The Bertz CT molecular complexity index is 1090. The van der Waals surface area contributed by atoms with Crippen LogP contribution in [0, 0.1) is 5.92 Å². The van der Waals surface area contributed by atoms with E-state index >= 15 is 0 Å². The molecule has 0 bridgehead atoms. The smallest absolute Gasteiger partial charge is 0.220 e. The van der Waals surface area contributed by atoms with Gasteiger partial charge in [0.05, 0.1) is 11.1 Å². The molecule has 2 aromatic heterocycles. The first-order valence-electron chi connectivity index (χ1n) is 10.3. The van der Waals surface area contributed by atoms with Crippen molar-refractivity contribution in [1.82, 2.24) is 9.97 Å². The van der Waals surface area contributed by atoms with Crippen LogP contribution in [0.5, 0.6) is 0 Å². The Balaban J connectivity index is 1.46. The highest BCUT2D eigenvalue weighted by Gasteiger charge is 2.28. The predicted octanol–water partition coefficient (Wildman–Crippen LogP) is 4.83. The molecule has 0 saturated carbocycles. The highest BCUT2D eigenvalue weighted by atomic mass is 35.5. The van der Waals surface area contributed by atoms with E-state index < -0.39 is 0 Å². The largest absolute Gasteiger partial charge is 0.369 e. The number of thioether (sulfide) groups is 1. The molecule has 5 rings (SSSR count). The Kier molecular flexibility index (Phi) is 5.60. The van der Waals surface area contributed by atoms with Crippen LogP contribution in [0.25, 0.3) is 10.2 Å². The molecule has 0 spiro atoms. The van der Waals surface area contributed by atoms with Gasteiger partial charge in [0.1, 0.15) is 16.5 Å². The third-order valence-electron chi connectivity index (χ3n) is 5.97. The van der Waals surface area contributed by atoms with Crippen molar-refractivity contribution in [3.05, 3.63) is 45.6 Å². The van der Waals surface area contributed by atoms with Crippen molar-refractivity contribution in [2.75, 3.05) is 18.0 Å². The van der Waals surface area contributed by atoms with Crippen LogP contribution in [0.3, 0.4) is 0 Å². The highest BCUT2D eigenvalue weighted by Crippen LogP contribution is 2.41. The maximum atomic E-state index is 11.6. The summed E-state index contributed by atoms with van der Waals surface area (Å²) >= 11 is 9.55. The third-order valence-corrected chi connectivity index (χ3v) is 8.42. The molecular weight excluding hydrogens is 436 g/mol. The number of carbonyl (C=O) groups is 1. The van der Waals surface area contributed by atoms with Crippen molar-refractivity contribution >= 4 is 56.6 Å². The second kappa shape index (κ2) is 8.36. The monoisotopic (exact) mass is 458 g/mol. The zero-order chi connectivity index (χ0) is 20.7. The van der Waals surface area contributed by atoms with Crippen molar-refractivity contribution in [3.63, 3.8) is 0 Å². The first-order valence-corrected chi connectivity index (χ1v) is 12.5. The second-order valence-corrected chi connectivity index (χ2v) is 10.5. The average Bonchev–Trinajstić information content (AvgIpc) is 3.34. The fourth-order valence-electron chi connectivity index (χ4n) is 4.37. The number of nitrogens with zero attached hydrogens (tertiary/aromatic N) is 3. The molecule has 0 atom stereocenters. The zero-order valence-electron chi connectivity index (χ0n) is 16.6. The number of anilines is 1. The van der Waals surface area contributed by atoms with Crippen LogP contribution in [0.1, 0.15) is 35.5 Å². The highest BCUT2D eigenvalue weighted by molar-refractivity contribution is 7.98. The Morgan fingerprint density at radius 2 is 1.97 bits per heavy atom. The Morgan fingerprint density at radius 3 is 2.70 bits per heavy atom. The second-order valence-electron chi connectivity index (χ2n) is 7.91. The molecule has 3 heterocycles. The lowest BCUT2D eigenvalue weighted by atomic mass is 9.96. The quantitative estimate of drug-likeness (QED) is 0.554. The number of thiophene rings is 1. The number of hydrogen-bond donors (Lipinski definition) is 1. The first kappa shape index (κ1) is 20.1. The number of carbonyl (C=O) groups excluding carboxylic acids is 1. The molecule has 3 aromatic rings. The molecule has 0 radical (unpaired) electrons. The summed E-state index contributed by atoms with van der Waals surface area (Å²) in [7, 11) is 0. The van der Waals surface area contributed by atoms with Crippen molar-refractivity contribution in [1.29, 1.82) is 0 Å². The molecule has 1 aliphatic heterocycles. The van der Waals surface area contributed by atoms with E-state index in [1.54, 1.807) is 11.8 Å². The lowest BCUT2D eigenvalue weighted by Crippen LogP contribution is -2.39. The van der Waals surface area contributed by atoms with Crippen molar-refractivity contribution in [2.45, 2.75) is 42.8 Å². The molecule has 0 unspecified atom stereocenters. The summed E-state index contributed by atoms with van der Waals surface area (Å²) in [6.45, 7) is 1.63. The van der Waals surface area contributed by atoms with Gasteiger partial charge in [0, 0.05) is 33.8 Å². The molecule has 5 nitrogen and oxygen atoms in total. The molecule has 2 N–H and O–H groups in total. The predicted molar refractivity (Wildman–Crippen MR) is 125 cm³/mol. The van der Waals surface area contributed by atoms with Gasteiger partial charge >= 0.3 is 0 Å². The molecule has 8 heteroatoms. The van der Waals surface area contributed by atoms with Crippen molar-refractivity contribution in [3.8, 4) is 0 Å². The number of rotatable bonds is 5. The Morgan fingerprint density at radius 1 is 1.20 bits per heavy atom. The fourth-order valence-corrected chi connectivity index (χ4v) is 6.52. The van der Waals surface area contributed by atoms with E-state index in [-0.39, 0.29) is 11.8 Å². The molecule has 1 amide bonds. The maximum Gasteiger partial charge on any atom is 0.220 e. The molecule has 1 saturated heterocycles. The number of fused-ring (bicyclic) bond motifs is 3. The van der Waals surface area contributed by atoms with Crippen LogP contribution in [0.15, 0.2) is 29.2 Å². The van der Waals surface area contributed by atoms with Crippen LogP contribution in [-0.2, 0) is 23.4 Å². The Labute approximate surface area is 189 Å². The van der Waals surface area contributed by atoms with E-state index in [0.717, 1.165) is 65.2 Å². The standard InChI is InChI=1S/C22H23ClN4OS2/c23-14-4-6-15(7-5-14)29-12-18-25-21(27-10-8-13(9-11-27)20(24)28)19-16-2-1-3-17(16)30-22(19)26-18/h4-7,13H,1-3,8-12H2,(H2,24,28). The Hall–Kier alpha value is -1.83. The topological polar surface area (TPSA) is 72.1 Å². The normalized spacial score (nSPS) is 16.9. The molecule has 1 fully saturated rings. The molecule has 1 aliphatic carbocycles. The molecular formula is C22H23ClN4OS2. The lowest BCUT2D eigenvalue weighted by molar-refractivity contribution is -0.122. The number of hydrogen-bond acceptors (Lipinski definition) is 6. The minimum atomic E-state index is -0.182.